The Morgan fingerprint density at radius 3 is 2.71 bits per heavy atom. The van der Waals surface area contributed by atoms with E-state index < -0.39 is 5.91 Å². The summed E-state index contributed by atoms with van der Waals surface area (Å²) in [7, 11) is 3.06. The summed E-state index contributed by atoms with van der Waals surface area (Å²) >= 11 is 0. The molecule has 1 amide bonds. The lowest BCUT2D eigenvalue weighted by molar-refractivity contribution is -0.123. The number of para-hydroxylation sites is 1. The minimum atomic E-state index is -0.439. The highest BCUT2D eigenvalue weighted by Crippen LogP contribution is 2.31. The average molecular weight is 458 g/mol. The van der Waals surface area contributed by atoms with Crippen LogP contribution in [0.4, 0.5) is 0 Å². The number of fused-ring (bicyclic) bond motifs is 1. The number of benzene rings is 3. The van der Waals surface area contributed by atoms with Gasteiger partial charge in [0.05, 0.1) is 31.3 Å². The van der Waals surface area contributed by atoms with Crippen LogP contribution in [0.25, 0.3) is 22.3 Å². The van der Waals surface area contributed by atoms with E-state index in [-0.39, 0.29) is 12.2 Å². The monoisotopic (exact) mass is 458 g/mol. The second-order valence-corrected chi connectivity index (χ2v) is 7.16. The van der Waals surface area contributed by atoms with Gasteiger partial charge in [0.15, 0.2) is 18.1 Å². The van der Waals surface area contributed by atoms with Crippen LogP contribution < -0.4 is 25.2 Å². The number of hydrazone groups is 1. The largest absolute Gasteiger partial charge is 0.497 e. The second-order valence-electron chi connectivity index (χ2n) is 7.16. The number of rotatable bonds is 8. The van der Waals surface area contributed by atoms with Crippen LogP contribution in [-0.4, -0.2) is 42.9 Å². The number of ether oxygens (including phenoxy) is 3. The Bertz CT molecular complexity index is 1410. The summed E-state index contributed by atoms with van der Waals surface area (Å²) in [6, 6.07) is 19.4. The summed E-state index contributed by atoms with van der Waals surface area (Å²) < 4.78 is 16.1. The third kappa shape index (κ3) is 5.21. The molecule has 9 heteroatoms. The van der Waals surface area contributed by atoms with Crippen molar-refractivity contribution in [2.75, 3.05) is 20.8 Å². The van der Waals surface area contributed by atoms with Crippen molar-refractivity contribution in [1.82, 2.24) is 15.4 Å². The highest BCUT2D eigenvalue weighted by Gasteiger charge is 2.12. The lowest BCUT2D eigenvalue weighted by Gasteiger charge is -2.11. The van der Waals surface area contributed by atoms with Gasteiger partial charge in [-0.05, 0) is 48.0 Å². The number of nitrogens with one attached hydrogen (secondary N) is 2. The van der Waals surface area contributed by atoms with Gasteiger partial charge in [-0.15, -0.1) is 0 Å². The SMILES string of the molecule is COc1cccc(/C=N/NC(=O)COc2ccc(-c3nc4ccccc4c(=O)[nH]3)cc2OC)c1. The molecule has 0 aliphatic heterocycles. The number of aromatic amines is 1. The summed E-state index contributed by atoms with van der Waals surface area (Å²) in [6.45, 7) is -0.268. The molecular formula is C25H22N4O5. The summed E-state index contributed by atoms with van der Waals surface area (Å²) in [5, 5.41) is 4.44. The van der Waals surface area contributed by atoms with Gasteiger partial charge in [-0.2, -0.15) is 5.10 Å². The first-order valence-electron chi connectivity index (χ1n) is 10.3. The van der Waals surface area contributed by atoms with Gasteiger partial charge in [0.25, 0.3) is 11.5 Å². The van der Waals surface area contributed by atoms with Crippen molar-refractivity contribution in [3.8, 4) is 28.6 Å². The molecule has 1 aromatic heterocycles. The van der Waals surface area contributed by atoms with Crippen molar-refractivity contribution < 1.29 is 19.0 Å². The Morgan fingerprint density at radius 2 is 1.88 bits per heavy atom. The number of carbonyl (C=O) groups excluding carboxylic acids is 1. The van der Waals surface area contributed by atoms with Crippen LogP contribution in [0.1, 0.15) is 5.56 Å². The van der Waals surface area contributed by atoms with Crippen molar-refractivity contribution in [3.05, 3.63) is 82.6 Å². The molecule has 0 bridgehead atoms. The topological polar surface area (TPSA) is 115 Å². The normalized spacial score (nSPS) is 10.9. The number of amides is 1. The summed E-state index contributed by atoms with van der Waals surface area (Å²) in [5.74, 6) is 1.41. The fourth-order valence-corrected chi connectivity index (χ4v) is 3.23. The Labute approximate surface area is 195 Å². The highest BCUT2D eigenvalue weighted by atomic mass is 16.5. The van der Waals surface area contributed by atoms with E-state index in [1.54, 1.807) is 49.6 Å². The maximum atomic E-state index is 12.4. The van der Waals surface area contributed by atoms with Crippen LogP contribution in [0.3, 0.4) is 0 Å². The minimum Gasteiger partial charge on any atom is -0.497 e. The van der Waals surface area contributed by atoms with E-state index in [0.29, 0.717) is 39.5 Å². The van der Waals surface area contributed by atoms with Crippen LogP contribution >= 0.6 is 0 Å². The van der Waals surface area contributed by atoms with Gasteiger partial charge < -0.3 is 19.2 Å². The van der Waals surface area contributed by atoms with Crippen molar-refractivity contribution in [2.45, 2.75) is 0 Å². The van der Waals surface area contributed by atoms with Crippen molar-refractivity contribution in [2.24, 2.45) is 5.10 Å². The Balaban J connectivity index is 1.42. The Hall–Kier alpha value is -4.66. The predicted molar refractivity (Wildman–Crippen MR) is 129 cm³/mol. The molecule has 3 aromatic carbocycles. The van der Waals surface area contributed by atoms with Crippen LogP contribution in [0.2, 0.25) is 0 Å². The van der Waals surface area contributed by atoms with Gasteiger partial charge in [-0.1, -0.05) is 24.3 Å². The van der Waals surface area contributed by atoms with Gasteiger partial charge in [0, 0.05) is 5.56 Å². The molecule has 0 radical (unpaired) electrons. The second kappa shape index (κ2) is 10.3. The molecule has 0 spiro atoms. The van der Waals surface area contributed by atoms with E-state index in [4.69, 9.17) is 14.2 Å². The Kier molecular flexibility index (Phi) is 6.83. The molecule has 172 valence electrons. The van der Waals surface area contributed by atoms with E-state index >= 15 is 0 Å². The smallest absolute Gasteiger partial charge is 0.277 e. The highest BCUT2D eigenvalue weighted by molar-refractivity contribution is 5.83. The number of hydrogen-bond donors (Lipinski definition) is 2. The van der Waals surface area contributed by atoms with Gasteiger partial charge in [-0.25, -0.2) is 10.4 Å². The van der Waals surface area contributed by atoms with Crippen molar-refractivity contribution in [3.63, 3.8) is 0 Å². The number of nitrogens with zero attached hydrogens (tertiary/aromatic N) is 2. The molecule has 0 aliphatic carbocycles. The first-order valence-corrected chi connectivity index (χ1v) is 10.3. The van der Waals surface area contributed by atoms with Crippen molar-refractivity contribution in [1.29, 1.82) is 0 Å². The molecule has 4 aromatic rings. The molecule has 0 saturated carbocycles. The first kappa shape index (κ1) is 22.5. The van der Waals surface area contributed by atoms with E-state index in [1.807, 2.05) is 24.3 Å². The molecule has 0 saturated heterocycles. The molecule has 34 heavy (non-hydrogen) atoms. The van der Waals surface area contributed by atoms with E-state index in [9.17, 15) is 9.59 Å². The molecule has 0 atom stereocenters. The number of methoxy groups -OCH3 is 2. The third-order valence-corrected chi connectivity index (χ3v) is 4.91. The lowest BCUT2D eigenvalue weighted by Crippen LogP contribution is -2.24. The fourth-order valence-electron chi connectivity index (χ4n) is 3.23. The molecule has 0 aliphatic rings. The molecule has 0 fully saturated rings. The third-order valence-electron chi connectivity index (χ3n) is 4.91. The zero-order valence-electron chi connectivity index (χ0n) is 18.6. The first-order chi connectivity index (χ1) is 16.6. The van der Waals surface area contributed by atoms with Crippen LogP contribution in [0.15, 0.2) is 76.6 Å². The van der Waals surface area contributed by atoms with E-state index in [0.717, 1.165) is 5.56 Å². The van der Waals surface area contributed by atoms with Crippen LogP contribution in [0, 0.1) is 0 Å². The number of hydrogen-bond acceptors (Lipinski definition) is 7. The van der Waals surface area contributed by atoms with E-state index in [2.05, 4.69) is 20.5 Å². The molecule has 2 N–H and O–H groups in total. The summed E-state index contributed by atoms with van der Waals surface area (Å²) in [4.78, 5) is 31.8. The number of H-pyrrole nitrogens is 1. The molecule has 1 heterocycles. The molecule has 4 rings (SSSR count). The molecule has 0 unspecified atom stereocenters. The van der Waals surface area contributed by atoms with Gasteiger partial charge in [0.2, 0.25) is 0 Å². The van der Waals surface area contributed by atoms with Crippen LogP contribution in [0.5, 0.6) is 17.2 Å². The fraction of sp³-hybridized carbons (Fsp3) is 0.120. The Morgan fingerprint density at radius 1 is 1.03 bits per heavy atom. The minimum absolute atomic E-state index is 0.230. The molecule has 9 nitrogen and oxygen atoms in total. The number of carbonyl (C=O) groups is 1. The quantitative estimate of drug-likeness (QED) is 0.310. The zero-order valence-corrected chi connectivity index (χ0v) is 18.6. The average Bonchev–Trinajstić information content (AvgIpc) is 2.87. The van der Waals surface area contributed by atoms with Gasteiger partial charge in [-0.3, -0.25) is 9.59 Å². The zero-order chi connectivity index (χ0) is 23.9. The summed E-state index contributed by atoms with van der Waals surface area (Å²) in [5.41, 5.74) is 4.18. The molecular weight excluding hydrogens is 436 g/mol. The predicted octanol–water partition coefficient (Wildman–Crippen LogP) is 3.14. The summed E-state index contributed by atoms with van der Waals surface area (Å²) in [6.07, 6.45) is 1.51. The van der Waals surface area contributed by atoms with Gasteiger partial charge in [0.1, 0.15) is 11.6 Å². The van der Waals surface area contributed by atoms with Crippen LogP contribution in [-0.2, 0) is 4.79 Å². The maximum absolute atomic E-state index is 12.4. The standard InChI is InChI=1S/C25H22N4O5/c1-32-18-7-5-6-16(12-18)14-26-29-23(30)15-34-21-11-10-17(13-22(21)33-2)24-27-20-9-4-3-8-19(20)25(31)28-24/h3-14H,15H2,1-2H3,(H,29,30)(H,27,28,31)/b26-14+. The number of aromatic nitrogens is 2. The van der Waals surface area contributed by atoms with Crippen molar-refractivity contribution >= 4 is 23.0 Å². The lowest BCUT2D eigenvalue weighted by atomic mass is 10.1. The maximum Gasteiger partial charge on any atom is 0.277 e. The van der Waals surface area contributed by atoms with Gasteiger partial charge >= 0.3 is 0 Å². The van der Waals surface area contributed by atoms with E-state index in [1.165, 1.54) is 13.3 Å².